The molecule has 8 rings (SSSR count). The van der Waals surface area contributed by atoms with Crippen molar-refractivity contribution in [1.82, 2.24) is 24.5 Å². The normalized spacial score (nSPS) is 26.9. The minimum Gasteiger partial charge on any atom is -0.496 e. The SMILES string of the molecule is COc1ccc2c(O[C@@H]3C[C@H]4C(=O)C[C@]5(C(=O)NS(=O)(=O)C6CC6)C[C@H]5/C=C\CCCCC[C@H](CC(=O)N5CCC(C(F)(F)F)CC5)C(=O)N4C3)cc(-c3ccccn3)nc2c1C. The smallest absolute Gasteiger partial charge is 0.391 e. The number of carbonyl (C=O) groups is 4. The molecule has 3 amide bonds. The number of allylic oxidation sites excluding steroid dienone is 2. The van der Waals surface area contributed by atoms with E-state index in [1.54, 1.807) is 31.5 Å². The van der Waals surface area contributed by atoms with E-state index in [1.165, 1.54) is 9.80 Å². The molecular formula is C46H54F3N5O8S. The number of hydrogen-bond donors (Lipinski definition) is 1. The summed E-state index contributed by atoms with van der Waals surface area (Å²) in [6.45, 7) is 1.72. The summed E-state index contributed by atoms with van der Waals surface area (Å²) in [4.78, 5) is 69.8. The molecule has 2 saturated carbocycles. The van der Waals surface area contributed by atoms with E-state index in [1.807, 2.05) is 37.3 Å². The van der Waals surface area contributed by atoms with Crippen LogP contribution < -0.4 is 14.2 Å². The first-order chi connectivity index (χ1) is 30.1. The number of piperidine rings is 1. The molecule has 0 unspecified atom stereocenters. The van der Waals surface area contributed by atoms with Crippen molar-refractivity contribution >= 4 is 44.4 Å². The van der Waals surface area contributed by atoms with E-state index in [4.69, 9.17) is 14.5 Å². The molecule has 0 radical (unpaired) electrons. The summed E-state index contributed by atoms with van der Waals surface area (Å²) in [6, 6.07) is 9.77. The van der Waals surface area contributed by atoms with Gasteiger partial charge in [-0.2, -0.15) is 13.2 Å². The number of carbonyl (C=O) groups excluding carboxylic acids is 4. The van der Waals surface area contributed by atoms with Crippen LogP contribution in [0.25, 0.3) is 22.3 Å². The Morgan fingerprint density at radius 3 is 2.46 bits per heavy atom. The van der Waals surface area contributed by atoms with Crippen molar-refractivity contribution in [3.05, 3.63) is 60.3 Å². The summed E-state index contributed by atoms with van der Waals surface area (Å²) in [7, 11) is -2.35. The number of ether oxygens (including phenoxy) is 2. The van der Waals surface area contributed by atoms with Crippen LogP contribution in [0.4, 0.5) is 13.2 Å². The highest BCUT2D eigenvalue weighted by molar-refractivity contribution is 7.90. The fourth-order valence-corrected chi connectivity index (χ4v) is 11.0. The molecule has 5 aliphatic rings. The monoisotopic (exact) mass is 893 g/mol. The Morgan fingerprint density at radius 2 is 1.76 bits per heavy atom. The van der Waals surface area contributed by atoms with Crippen molar-refractivity contribution in [3.63, 3.8) is 0 Å². The third kappa shape index (κ3) is 9.58. The number of rotatable bonds is 9. The molecule has 17 heteroatoms. The van der Waals surface area contributed by atoms with E-state index in [2.05, 4.69) is 9.71 Å². The van der Waals surface area contributed by atoms with Gasteiger partial charge in [0.15, 0.2) is 5.78 Å². The molecule has 1 aromatic carbocycles. The number of aromatic nitrogens is 2. The van der Waals surface area contributed by atoms with Gasteiger partial charge in [0.2, 0.25) is 27.7 Å². The highest BCUT2D eigenvalue weighted by Crippen LogP contribution is 2.57. The number of sulfonamides is 1. The Morgan fingerprint density at radius 1 is 0.984 bits per heavy atom. The maximum atomic E-state index is 14.9. The van der Waals surface area contributed by atoms with Gasteiger partial charge in [0.1, 0.15) is 17.6 Å². The molecule has 338 valence electrons. The Hall–Kier alpha value is -5.06. The van der Waals surface area contributed by atoms with E-state index >= 15 is 0 Å². The highest BCUT2D eigenvalue weighted by atomic mass is 32.2. The van der Waals surface area contributed by atoms with Gasteiger partial charge in [-0.1, -0.05) is 31.1 Å². The molecular weight excluding hydrogens is 840 g/mol. The fraction of sp³-hybridized carbons (Fsp3) is 0.565. The second-order valence-electron chi connectivity index (χ2n) is 17.9. The van der Waals surface area contributed by atoms with Crippen LogP contribution in [0.3, 0.4) is 0 Å². The van der Waals surface area contributed by atoms with Gasteiger partial charge in [-0.15, -0.1) is 0 Å². The van der Waals surface area contributed by atoms with Crippen LogP contribution in [-0.4, -0.2) is 102 Å². The van der Waals surface area contributed by atoms with Crippen molar-refractivity contribution in [1.29, 1.82) is 0 Å². The third-order valence-corrected chi connectivity index (χ3v) is 15.5. The topological polar surface area (TPSA) is 165 Å². The number of nitrogens with zero attached hydrogens (tertiary/aromatic N) is 4. The molecule has 5 atom stereocenters. The predicted octanol–water partition coefficient (Wildman–Crippen LogP) is 6.86. The number of likely N-dealkylation sites (tertiary alicyclic amines) is 1. The molecule has 4 fully saturated rings. The maximum Gasteiger partial charge on any atom is 0.391 e. The minimum atomic E-state index is -4.35. The molecule has 5 heterocycles. The van der Waals surface area contributed by atoms with Gasteiger partial charge in [-0.3, -0.25) is 28.9 Å². The summed E-state index contributed by atoms with van der Waals surface area (Å²) in [5.74, 6) is -3.68. The number of methoxy groups -OCH3 is 1. The van der Waals surface area contributed by atoms with Crippen molar-refractivity contribution in [2.75, 3.05) is 26.7 Å². The number of benzene rings is 1. The number of fused-ring (bicyclic) bond motifs is 3. The molecule has 0 spiro atoms. The lowest BCUT2D eigenvalue weighted by molar-refractivity contribution is -0.186. The van der Waals surface area contributed by atoms with Crippen molar-refractivity contribution in [2.45, 2.75) is 114 Å². The number of halogens is 3. The van der Waals surface area contributed by atoms with Gasteiger partial charge >= 0.3 is 6.18 Å². The molecule has 1 N–H and O–H groups in total. The van der Waals surface area contributed by atoms with Gasteiger partial charge in [-0.05, 0) is 88.5 Å². The first-order valence-electron chi connectivity index (χ1n) is 22.0. The number of pyridine rings is 2. The molecule has 3 aromatic rings. The number of alkyl halides is 3. The summed E-state index contributed by atoms with van der Waals surface area (Å²) < 4.78 is 81.1. The van der Waals surface area contributed by atoms with Gasteiger partial charge in [0.25, 0.3) is 0 Å². The number of aryl methyl sites for hydroxylation is 1. The quantitative estimate of drug-likeness (QED) is 0.224. The Balaban J connectivity index is 1.12. The zero-order valence-corrected chi connectivity index (χ0v) is 36.4. The number of hydrogen-bond acceptors (Lipinski definition) is 10. The lowest BCUT2D eigenvalue weighted by Crippen LogP contribution is -2.47. The maximum absolute atomic E-state index is 14.9. The molecule has 3 aliphatic heterocycles. The Kier molecular flexibility index (Phi) is 12.6. The zero-order valence-electron chi connectivity index (χ0n) is 35.6. The summed E-state index contributed by atoms with van der Waals surface area (Å²) >= 11 is 0. The van der Waals surface area contributed by atoms with E-state index in [-0.39, 0.29) is 64.1 Å². The highest BCUT2D eigenvalue weighted by Gasteiger charge is 2.61. The van der Waals surface area contributed by atoms with Crippen LogP contribution in [-0.2, 0) is 29.2 Å². The molecule has 0 bridgehead atoms. The Bertz CT molecular complexity index is 2390. The first kappa shape index (κ1) is 44.5. The van der Waals surface area contributed by atoms with Crippen LogP contribution in [0.15, 0.2) is 54.7 Å². The second kappa shape index (κ2) is 17.8. The summed E-state index contributed by atoms with van der Waals surface area (Å²) in [5.41, 5.74) is 1.15. The first-order valence-corrected chi connectivity index (χ1v) is 23.6. The van der Waals surface area contributed by atoms with Crippen LogP contribution in [0.5, 0.6) is 11.5 Å². The van der Waals surface area contributed by atoms with Crippen molar-refractivity contribution in [2.24, 2.45) is 23.2 Å². The largest absolute Gasteiger partial charge is 0.496 e. The molecule has 13 nitrogen and oxygen atoms in total. The number of Topliss-reactive ketones (excluding diaryl/α,β-unsaturated/α-hetero) is 1. The van der Waals surface area contributed by atoms with E-state index in [9.17, 15) is 40.8 Å². The van der Waals surface area contributed by atoms with Crippen LogP contribution in [0, 0.1) is 30.1 Å². The Labute approximate surface area is 365 Å². The number of nitrogens with one attached hydrogen (secondary N) is 1. The summed E-state index contributed by atoms with van der Waals surface area (Å²) in [5, 5.41) is 0.0142. The molecule has 2 saturated heterocycles. The van der Waals surface area contributed by atoms with Crippen molar-refractivity contribution < 1.29 is 50.2 Å². The fourth-order valence-electron chi connectivity index (χ4n) is 9.64. The standard InChI is InChI=1S/C46H54F3N5O8S/c1-28-39(61-2)16-15-34-40(24-36(51-42(28)34)35-12-8-9-19-50-35)62-32-23-37-38(55)26-45(44(58)52-63(59,60)33-13-14-33)25-31(45)11-7-5-3-4-6-10-29(43(57)54(37)27-32)22-41(56)53-20-17-30(18-21-53)46(47,48)49/h7-9,11-12,15-16,19,24,29-33,37H,3-6,10,13-14,17-18,20-23,25-27H2,1-2H3,(H,52,58)/b11-7-/t29-,31-,32-,37+,45-/m1/s1. The average Bonchev–Trinajstić information content (AvgIpc) is 4.19. The number of ketones is 1. The molecule has 2 aromatic heterocycles. The van der Waals surface area contributed by atoms with Crippen LogP contribution in [0.1, 0.15) is 89.0 Å². The van der Waals surface area contributed by atoms with Crippen LogP contribution in [0.2, 0.25) is 0 Å². The lowest BCUT2D eigenvalue weighted by Gasteiger charge is -2.34. The zero-order chi connectivity index (χ0) is 44.7. The molecule has 2 aliphatic carbocycles. The van der Waals surface area contributed by atoms with Gasteiger partial charge in [0.05, 0.1) is 53.2 Å². The minimum absolute atomic E-state index is 0.0344. The van der Waals surface area contributed by atoms with Gasteiger partial charge in [-0.25, -0.2) is 13.4 Å². The number of amides is 3. The lowest BCUT2D eigenvalue weighted by atomic mass is 9.90. The third-order valence-electron chi connectivity index (χ3n) is 13.7. The van der Waals surface area contributed by atoms with E-state index in [0.29, 0.717) is 65.9 Å². The van der Waals surface area contributed by atoms with E-state index < -0.39 is 74.4 Å². The van der Waals surface area contributed by atoms with Gasteiger partial charge in [0, 0.05) is 61.5 Å². The molecule has 63 heavy (non-hydrogen) atoms. The van der Waals surface area contributed by atoms with Crippen molar-refractivity contribution in [3.8, 4) is 22.9 Å². The van der Waals surface area contributed by atoms with Crippen LogP contribution >= 0.6 is 0 Å². The second-order valence-corrected chi connectivity index (χ2v) is 19.9. The van der Waals surface area contributed by atoms with Gasteiger partial charge < -0.3 is 19.3 Å². The predicted molar refractivity (Wildman–Crippen MR) is 227 cm³/mol. The average molecular weight is 894 g/mol. The van der Waals surface area contributed by atoms with E-state index in [0.717, 1.165) is 18.4 Å². The summed E-state index contributed by atoms with van der Waals surface area (Å²) in [6.07, 6.45) is 3.76.